The Balaban J connectivity index is 2.12. The Morgan fingerprint density at radius 1 is 1.44 bits per heavy atom. The predicted octanol–water partition coefficient (Wildman–Crippen LogP) is 3.36. The Labute approximate surface area is 106 Å². The molecule has 1 aliphatic heterocycles. The molecule has 1 aromatic carbocycles. The summed E-state index contributed by atoms with van der Waals surface area (Å²) in [5.41, 5.74) is 0.287. The number of nitro groups is 1. The molecule has 1 aliphatic rings. The van der Waals surface area contributed by atoms with Crippen LogP contribution in [0.3, 0.4) is 0 Å². The lowest BCUT2D eigenvalue weighted by atomic mass is 9.94. The number of hydrogen-bond donors (Lipinski definition) is 0. The normalized spacial score (nSPS) is 16.9. The third kappa shape index (κ3) is 2.60. The third-order valence-corrected chi connectivity index (χ3v) is 3.67. The van der Waals surface area contributed by atoms with E-state index in [2.05, 4.69) is 6.92 Å². The Morgan fingerprint density at radius 3 is 2.61 bits per heavy atom. The first kappa shape index (κ1) is 12.8. The first-order valence-electron chi connectivity index (χ1n) is 6.30. The molecule has 0 atom stereocenters. The summed E-state index contributed by atoms with van der Waals surface area (Å²) < 4.78 is 13.8. The highest BCUT2D eigenvalue weighted by Crippen LogP contribution is 2.28. The monoisotopic (exact) mass is 252 g/mol. The number of benzene rings is 1. The Bertz CT molecular complexity index is 443. The maximum absolute atomic E-state index is 13.8. The standard InChI is InChI=1S/C13H17FN2O2/c1-2-10-5-7-15(8-6-10)13-4-3-11(16(17)18)9-12(13)14/h3-4,9-10H,2,5-8H2,1H3. The van der Waals surface area contributed by atoms with E-state index in [-0.39, 0.29) is 5.69 Å². The minimum atomic E-state index is -0.573. The number of non-ortho nitro benzene ring substituents is 1. The number of hydrogen-bond acceptors (Lipinski definition) is 3. The summed E-state index contributed by atoms with van der Waals surface area (Å²) in [5.74, 6) is 0.224. The zero-order valence-electron chi connectivity index (χ0n) is 10.4. The van der Waals surface area contributed by atoms with Crippen molar-refractivity contribution in [3.8, 4) is 0 Å². The van der Waals surface area contributed by atoms with Crippen LogP contribution in [0.2, 0.25) is 0 Å². The summed E-state index contributed by atoms with van der Waals surface area (Å²) >= 11 is 0. The topological polar surface area (TPSA) is 46.4 Å². The summed E-state index contributed by atoms with van der Waals surface area (Å²) in [6.07, 6.45) is 3.29. The number of anilines is 1. The van der Waals surface area contributed by atoms with Gasteiger partial charge in [-0.2, -0.15) is 0 Å². The van der Waals surface area contributed by atoms with Crippen LogP contribution in [0.15, 0.2) is 18.2 Å². The molecule has 5 heteroatoms. The van der Waals surface area contributed by atoms with Crippen molar-refractivity contribution in [1.29, 1.82) is 0 Å². The highest BCUT2D eigenvalue weighted by atomic mass is 19.1. The summed E-state index contributed by atoms with van der Waals surface area (Å²) in [6, 6.07) is 3.88. The van der Waals surface area contributed by atoms with Gasteiger partial charge in [0.05, 0.1) is 16.7 Å². The van der Waals surface area contributed by atoms with Gasteiger partial charge in [-0.25, -0.2) is 4.39 Å². The van der Waals surface area contributed by atoms with E-state index in [0.717, 1.165) is 44.3 Å². The molecule has 0 spiro atoms. The van der Waals surface area contributed by atoms with E-state index in [0.29, 0.717) is 5.69 Å². The van der Waals surface area contributed by atoms with Crippen molar-refractivity contribution in [2.75, 3.05) is 18.0 Å². The van der Waals surface area contributed by atoms with Crippen molar-refractivity contribution in [3.05, 3.63) is 34.1 Å². The molecule has 2 rings (SSSR count). The van der Waals surface area contributed by atoms with Gasteiger partial charge in [-0.05, 0) is 24.8 Å². The summed E-state index contributed by atoms with van der Waals surface area (Å²) in [6.45, 7) is 3.83. The molecule has 1 aromatic rings. The maximum atomic E-state index is 13.8. The van der Waals surface area contributed by atoms with Gasteiger partial charge in [0.2, 0.25) is 0 Å². The molecule has 0 saturated carbocycles. The van der Waals surface area contributed by atoms with E-state index in [1.165, 1.54) is 12.1 Å². The molecule has 1 fully saturated rings. The van der Waals surface area contributed by atoms with Crippen LogP contribution < -0.4 is 4.90 Å². The average molecular weight is 252 g/mol. The number of rotatable bonds is 3. The molecule has 98 valence electrons. The molecule has 0 unspecified atom stereocenters. The van der Waals surface area contributed by atoms with Gasteiger partial charge >= 0.3 is 0 Å². The van der Waals surface area contributed by atoms with Gasteiger partial charge in [-0.3, -0.25) is 10.1 Å². The van der Waals surface area contributed by atoms with Gasteiger partial charge in [0.1, 0.15) is 0 Å². The second kappa shape index (κ2) is 5.33. The third-order valence-electron chi connectivity index (χ3n) is 3.67. The van der Waals surface area contributed by atoms with Crippen LogP contribution in [-0.4, -0.2) is 18.0 Å². The van der Waals surface area contributed by atoms with Crippen LogP contribution in [0.4, 0.5) is 15.8 Å². The van der Waals surface area contributed by atoms with Gasteiger partial charge < -0.3 is 4.90 Å². The van der Waals surface area contributed by atoms with E-state index < -0.39 is 10.7 Å². The van der Waals surface area contributed by atoms with Crippen molar-refractivity contribution < 1.29 is 9.31 Å². The van der Waals surface area contributed by atoms with Crippen LogP contribution >= 0.6 is 0 Å². The Morgan fingerprint density at radius 2 is 2.11 bits per heavy atom. The van der Waals surface area contributed by atoms with Crippen LogP contribution in [-0.2, 0) is 0 Å². The van der Waals surface area contributed by atoms with Gasteiger partial charge in [0, 0.05) is 19.2 Å². The molecule has 0 N–H and O–H groups in total. The van der Waals surface area contributed by atoms with Crippen molar-refractivity contribution >= 4 is 11.4 Å². The summed E-state index contributed by atoms with van der Waals surface area (Å²) in [5, 5.41) is 10.5. The largest absolute Gasteiger partial charge is 0.369 e. The summed E-state index contributed by atoms with van der Waals surface area (Å²) in [7, 11) is 0. The molecular weight excluding hydrogens is 235 g/mol. The minimum absolute atomic E-state index is 0.195. The lowest BCUT2D eigenvalue weighted by molar-refractivity contribution is -0.385. The first-order valence-corrected chi connectivity index (χ1v) is 6.30. The molecule has 18 heavy (non-hydrogen) atoms. The molecule has 0 radical (unpaired) electrons. The van der Waals surface area contributed by atoms with E-state index in [1.54, 1.807) is 0 Å². The minimum Gasteiger partial charge on any atom is -0.369 e. The molecule has 1 saturated heterocycles. The van der Waals surface area contributed by atoms with Gasteiger partial charge in [0.25, 0.3) is 5.69 Å². The molecule has 4 nitrogen and oxygen atoms in total. The van der Waals surface area contributed by atoms with E-state index in [4.69, 9.17) is 0 Å². The summed E-state index contributed by atoms with van der Waals surface area (Å²) in [4.78, 5) is 12.0. The zero-order valence-corrected chi connectivity index (χ0v) is 10.4. The Hall–Kier alpha value is -1.65. The number of nitro benzene ring substituents is 1. The zero-order chi connectivity index (χ0) is 13.1. The highest BCUT2D eigenvalue weighted by Gasteiger charge is 2.21. The second-order valence-electron chi connectivity index (χ2n) is 4.73. The molecule has 0 bridgehead atoms. The van der Waals surface area contributed by atoms with Crippen LogP contribution in [0.1, 0.15) is 26.2 Å². The van der Waals surface area contributed by atoms with E-state index in [9.17, 15) is 14.5 Å². The molecule has 1 heterocycles. The predicted molar refractivity (Wildman–Crippen MR) is 68.3 cm³/mol. The van der Waals surface area contributed by atoms with Crippen LogP contribution in [0, 0.1) is 21.8 Å². The van der Waals surface area contributed by atoms with Crippen molar-refractivity contribution in [2.45, 2.75) is 26.2 Å². The molecular formula is C13H17FN2O2. The maximum Gasteiger partial charge on any atom is 0.272 e. The molecule has 0 aliphatic carbocycles. The quantitative estimate of drug-likeness (QED) is 0.612. The number of piperidine rings is 1. The fourth-order valence-electron chi connectivity index (χ4n) is 2.45. The van der Waals surface area contributed by atoms with Crippen molar-refractivity contribution in [2.24, 2.45) is 5.92 Å². The van der Waals surface area contributed by atoms with E-state index in [1.807, 2.05) is 4.90 Å². The molecule has 0 amide bonds. The van der Waals surface area contributed by atoms with Gasteiger partial charge in [-0.1, -0.05) is 13.3 Å². The Kier molecular flexibility index (Phi) is 3.79. The van der Waals surface area contributed by atoms with Gasteiger partial charge in [0.15, 0.2) is 5.82 Å². The number of nitrogens with zero attached hydrogens (tertiary/aromatic N) is 2. The fourth-order valence-corrected chi connectivity index (χ4v) is 2.45. The lowest BCUT2D eigenvalue weighted by Crippen LogP contribution is -2.34. The van der Waals surface area contributed by atoms with Gasteiger partial charge in [-0.15, -0.1) is 0 Å². The fraction of sp³-hybridized carbons (Fsp3) is 0.538. The van der Waals surface area contributed by atoms with E-state index >= 15 is 0 Å². The van der Waals surface area contributed by atoms with Crippen molar-refractivity contribution in [3.63, 3.8) is 0 Å². The lowest BCUT2D eigenvalue weighted by Gasteiger charge is -2.33. The smallest absolute Gasteiger partial charge is 0.272 e. The van der Waals surface area contributed by atoms with Crippen LogP contribution in [0.25, 0.3) is 0 Å². The average Bonchev–Trinajstić information content (AvgIpc) is 2.38. The van der Waals surface area contributed by atoms with Crippen LogP contribution in [0.5, 0.6) is 0 Å². The molecule has 0 aromatic heterocycles. The number of halogens is 1. The van der Waals surface area contributed by atoms with Crippen molar-refractivity contribution in [1.82, 2.24) is 0 Å². The SMILES string of the molecule is CCC1CCN(c2ccc([N+](=O)[O-])cc2F)CC1. The highest BCUT2D eigenvalue weighted by molar-refractivity contribution is 5.52. The second-order valence-corrected chi connectivity index (χ2v) is 4.73. The first-order chi connectivity index (χ1) is 8.61.